The Labute approximate surface area is 113 Å². The van der Waals surface area contributed by atoms with E-state index in [1.807, 2.05) is 20.8 Å². The maximum atomic E-state index is 13.4. The number of nitrogens with zero attached hydrogens (tertiary/aromatic N) is 1. The summed E-state index contributed by atoms with van der Waals surface area (Å²) in [7, 11) is 0. The molecule has 17 heavy (non-hydrogen) atoms. The standard InChI is InChI=1S/C12H15BrFNOS/c1-12(2,3)17(16)15-7-6-9-8-10(13)4-5-11(9)14/h4-5,7-8H,6H2,1-3H3/b15-7+/t17-/m0/s1. The average Bonchev–Trinajstić information content (AvgIpc) is 2.21. The summed E-state index contributed by atoms with van der Waals surface area (Å²) < 4.78 is 29.3. The molecule has 0 heterocycles. The molecule has 2 nitrogen and oxygen atoms in total. The van der Waals surface area contributed by atoms with Crippen molar-refractivity contribution in [2.45, 2.75) is 31.9 Å². The fourth-order valence-electron chi connectivity index (χ4n) is 1.06. The third-order valence-electron chi connectivity index (χ3n) is 2.01. The Hall–Kier alpha value is -0.390. The van der Waals surface area contributed by atoms with Crippen LogP contribution in [0.4, 0.5) is 4.39 Å². The lowest BCUT2D eigenvalue weighted by molar-refractivity contribution is 0.561. The largest absolute Gasteiger partial charge is 0.591 e. The molecular weight excluding hydrogens is 305 g/mol. The molecule has 0 saturated carbocycles. The highest BCUT2D eigenvalue weighted by atomic mass is 79.9. The van der Waals surface area contributed by atoms with Gasteiger partial charge in [0, 0.05) is 10.9 Å². The molecule has 0 saturated heterocycles. The molecule has 5 heteroatoms. The summed E-state index contributed by atoms with van der Waals surface area (Å²) in [6.45, 7) is 5.54. The minimum Gasteiger partial charge on any atom is -0.591 e. The Morgan fingerprint density at radius 1 is 1.47 bits per heavy atom. The molecule has 0 amide bonds. The predicted octanol–water partition coefficient (Wildman–Crippen LogP) is 3.66. The van der Waals surface area contributed by atoms with Crippen LogP contribution in [0.1, 0.15) is 26.3 Å². The van der Waals surface area contributed by atoms with Gasteiger partial charge in [0.15, 0.2) is 0 Å². The van der Waals surface area contributed by atoms with Gasteiger partial charge in [-0.05, 0) is 44.5 Å². The highest BCUT2D eigenvalue weighted by Gasteiger charge is 2.25. The average molecular weight is 320 g/mol. The smallest absolute Gasteiger partial charge is 0.144 e. The van der Waals surface area contributed by atoms with E-state index >= 15 is 0 Å². The van der Waals surface area contributed by atoms with E-state index in [9.17, 15) is 8.94 Å². The summed E-state index contributed by atoms with van der Waals surface area (Å²) in [5.74, 6) is -0.277. The Bertz CT molecular complexity index is 417. The van der Waals surface area contributed by atoms with E-state index in [0.29, 0.717) is 12.0 Å². The second kappa shape index (κ2) is 5.98. The van der Waals surface area contributed by atoms with Crippen molar-refractivity contribution in [1.29, 1.82) is 0 Å². The van der Waals surface area contributed by atoms with Crippen LogP contribution in [-0.4, -0.2) is 15.5 Å². The Balaban J connectivity index is 2.67. The zero-order chi connectivity index (χ0) is 13.1. The normalized spacial score (nSPS) is 14.2. The molecule has 0 unspecified atom stereocenters. The van der Waals surface area contributed by atoms with Crippen molar-refractivity contribution in [3.05, 3.63) is 34.1 Å². The van der Waals surface area contributed by atoms with Gasteiger partial charge in [-0.15, -0.1) is 0 Å². The lowest BCUT2D eigenvalue weighted by Crippen LogP contribution is -2.25. The highest BCUT2D eigenvalue weighted by molar-refractivity contribution is 9.10. The molecule has 1 aromatic carbocycles. The van der Waals surface area contributed by atoms with E-state index in [1.165, 1.54) is 12.3 Å². The molecular formula is C12H15BrFNOS. The number of hydrogen-bond donors (Lipinski definition) is 0. The van der Waals surface area contributed by atoms with Crippen LogP contribution < -0.4 is 0 Å². The minimum absolute atomic E-state index is 0.277. The summed E-state index contributed by atoms with van der Waals surface area (Å²) >= 11 is 1.99. The van der Waals surface area contributed by atoms with E-state index < -0.39 is 11.4 Å². The second-order valence-electron chi connectivity index (χ2n) is 4.59. The summed E-state index contributed by atoms with van der Waals surface area (Å²) in [5, 5.41) is 0. The number of benzene rings is 1. The Morgan fingerprint density at radius 2 is 2.12 bits per heavy atom. The van der Waals surface area contributed by atoms with Crippen molar-refractivity contribution in [1.82, 2.24) is 0 Å². The summed E-state index contributed by atoms with van der Waals surface area (Å²) in [5.41, 5.74) is 0.536. The first-order chi connectivity index (χ1) is 7.80. The molecule has 0 fully saturated rings. The summed E-state index contributed by atoms with van der Waals surface area (Å²) in [4.78, 5) is 0. The van der Waals surface area contributed by atoms with Gasteiger partial charge < -0.3 is 4.55 Å². The zero-order valence-electron chi connectivity index (χ0n) is 10.0. The van der Waals surface area contributed by atoms with Gasteiger partial charge in [-0.3, -0.25) is 0 Å². The maximum absolute atomic E-state index is 13.4. The van der Waals surface area contributed by atoms with Gasteiger partial charge in [0.1, 0.15) is 21.9 Å². The fraction of sp³-hybridized carbons (Fsp3) is 0.417. The molecule has 0 aliphatic carbocycles. The van der Waals surface area contributed by atoms with Crippen molar-refractivity contribution in [2.75, 3.05) is 0 Å². The minimum atomic E-state index is -1.29. The molecule has 94 valence electrons. The van der Waals surface area contributed by atoms with Gasteiger partial charge in [0.25, 0.3) is 0 Å². The Morgan fingerprint density at radius 3 is 2.71 bits per heavy atom. The first-order valence-electron chi connectivity index (χ1n) is 5.19. The van der Waals surface area contributed by atoms with Crippen LogP contribution in [0.3, 0.4) is 0 Å². The first-order valence-corrected chi connectivity index (χ1v) is 7.09. The number of halogens is 2. The molecule has 0 aromatic heterocycles. The van der Waals surface area contributed by atoms with E-state index in [1.54, 1.807) is 12.1 Å². The van der Waals surface area contributed by atoms with Gasteiger partial charge in [-0.25, -0.2) is 4.39 Å². The first kappa shape index (κ1) is 14.7. The summed E-state index contributed by atoms with van der Waals surface area (Å²) in [6, 6.07) is 4.73. The third kappa shape index (κ3) is 4.77. The molecule has 0 aliphatic heterocycles. The molecule has 0 spiro atoms. The monoisotopic (exact) mass is 319 g/mol. The zero-order valence-corrected chi connectivity index (χ0v) is 12.4. The van der Waals surface area contributed by atoms with Crippen molar-refractivity contribution in [3.8, 4) is 0 Å². The van der Waals surface area contributed by atoms with Gasteiger partial charge >= 0.3 is 0 Å². The second-order valence-corrected chi connectivity index (χ2v) is 7.44. The predicted molar refractivity (Wildman–Crippen MR) is 74.2 cm³/mol. The van der Waals surface area contributed by atoms with E-state index in [0.717, 1.165) is 4.47 Å². The van der Waals surface area contributed by atoms with E-state index in [2.05, 4.69) is 20.3 Å². The van der Waals surface area contributed by atoms with Crippen LogP contribution in [0.15, 0.2) is 27.1 Å². The van der Waals surface area contributed by atoms with Crippen molar-refractivity contribution >= 4 is 33.5 Å². The molecule has 0 bridgehead atoms. The number of hydrogen-bond acceptors (Lipinski definition) is 2. The fourth-order valence-corrected chi connectivity index (χ4v) is 2.00. The molecule has 0 N–H and O–H groups in total. The quantitative estimate of drug-likeness (QED) is 0.618. The topological polar surface area (TPSA) is 35.4 Å². The lowest BCUT2D eigenvalue weighted by Gasteiger charge is -2.17. The Kier molecular flexibility index (Phi) is 5.16. The number of rotatable bonds is 3. The van der Waals surface area contributed by atoms with Crippen molar-refractivity contribution in [3.63, 3.8) is 0 Å². The van der Waals surface area contributed by atoms with Crippen LogP contribution in [0, 0.1) is 5.82 Å². The molecule has 1 atom stereocenters. The molecule has 0 aliphatic rings. The van der Waals surface area contributed by atoms with Crippen molar-refractivity contribution < 1.29 is 8.94 Å². The molecule has 1 rings (SSSR count). The van der Waals surface area contributed by atoms with Crippen LogP contribution in [0.25, 0.3) is 0 Å². The van der Waals surface area contributed by atoms with E-state index in [-0.39, 0.29) is 10.6 Å². The summed E-state index contributed by atoms with van der Waals surface area (Å²) in [6.07, 6.45) is 1.85. The SMILES string of the molecule is CC(C)(C)[S@+]([O-])/N=C/Cc1cc(Br)ccc1F. The lowest BCUT2D eigenvalue weighted by atomic mass is 10.1. The maximum Gasteiger partial charge on any atom is 0.144 e. The molecule has 1 aromatic rings. The van der Waals surface area contributed by atoms with Crippen LogP contribution >= 0.6 is 15.9 Å². The van der Waals surface area contributed by atoms with Gasteiger partial charge in [0.05, 0.1) is 6.21 Å². The van der Waals surface area contributed by atoms with Gasteiger partial charge in [-0.2, -0.15) is 0 Å². The molecule has 0 radical (unpaired) electrons. The van der Waals surface area contributed by atoms with Crippen LogP contribution in [-0.2, 0) is 17.8 Å². The van der Waals surface area contributed by atoms with E-state index in [4.69, 9.17) is 0 Å². The van der Waals surface area contributed by atoms with Crippen LogP contribution in [0.2, 0.25) is 0 Å². The van der Waals surface area contributed by atoms with Crippen molar-refractivity contribution in [2.24, 2.45) is 4.40 Å². The third-order valence-corrected chi connectivity index (χ3v) is 3.89. The van der Waals surface area contributed by atoms with Gasteiger partial charge in [-0.1, -0.05) is 20.3 Å². The highest BCUT2D eigenvalue weighted by Crippen LogP contribution is 2.18. The van der Waals surface area contributed by atoms with Crippen LogP contribution in [0.5, 0.6) is 0 Å². The van der Waals surface area contributed by atoms with Gasteiger partial charge in [0.2, 0.25) is 0 Å².